The second kappa shape index (κ2) is 8.93. The van der Waals surface area contributed by atoms with Crippen LogP contribution >= 0.6 is 11.8 Å². The van der Waals surface area contributed by atoms with Crippen molar-refractivity contribution in [2.24, 2.45) is 0 Å². The highest BCUT2D eigenvalue weighted by Gasteiger charge is 2.26. The van der Waals surface area contributed by atoms with Crippen molar-refractivity contribution in [2.45, 2.75) is 0 Å². The maximum absolute atomic E-state index is 12.6. The van der Waals surface area contributed by atoms with E-state index < -0.39 is 11.1 Å². The maximum atomic E-state index is 12.6. The van der Waals surface area contributed by atoms with Gasteiger partial charge in [0.2, 0.25) is 0 Å². The van der Waals surface area contributed by atoms with Gasteiger partial charge in [0.25, 0.3) is 17.1 Å². The summed E-state index contributed by atoms with van der Waals surface area (Å²) in [5.74, 6) is -0.109. The molecule has 156 valence electrons. The van der Waals surface area contributed by atoms with Gasteiger partial charge < -0.3 is 14.8 Å². The molecule has 7 nitrogen and oxygen atoms in total. The van der Waals surface area contributed by atoms with Crippen LogP contribution in [-0.2, 0) is 9.59 Å². The summed E-state index contributed by atoms with van der Waals surface area (Å²) in [5.41, 5.74) is 1.20. The lowest BCUT2D eigenvalue weighted by atomic mass is 10.1. The first-order valence-corrected chi connectivity index (χ1v) is 10.2. The lowest BCUT2D eigenvalue weighted by molar-refractivity contribution is -0.118. The van der Waals surface area contributed by atoms with Crippen molar-refractivity contribution in [3.8, 4) is 11.5 Å². The molecule has 0 bridgehead atoms. The van der Waals surface area contributed by atoms with Crippen LogP contribution in [0.25, 0.3) is 16.8 Å². The van der Waals surface area contributed by atoms with Gasteiger partial charge in [-0.3, -0.25) is 19.7 Å². The summed E-state index contributed by atoms with van der Waals surface area (Å²) < 4.78 is 11.1. The molecule has 0 atom stereocenters. The Hall–Kier alpha value is -3.78. The van der Waals surface area contributed by atoms with Crippen molar-refractivity contribution in [1.29, 1.82) is 0 Å². The first-order valence-electron chi connectivity index (χ1n) is 9.37. The lowest BCUT2D eigenvalue weighted by Gasteiger charge is -2.14. The minimum atomic E-state index is -0.475. The summed E-state index contributed by atoms with van der Waals surface area (Å²) in [6.45, 7) is -0.266. The van der Waals surface area contributed by atoms with Crippen LogP contribution in [0.5, 0.6) is 11.5 Å². The number of methoxy groups -OCH3 is 1. The van der Waals surface area contributed by atoms with E-state index in [4.69, 9.17) is 9.47 Å². The number of amides is 3. The van der Waals surface area contributed by atoms with E-state index in [0.29, 0.717) is 22.7 Å². The Bertz CT molecular complexity index is 1220. The van der Waals surface area contributed by atoms with Gasteiger partial charge in [0.05, 0.1) is 12.0 Å². The number of ether oxygens (including phenoxy) is 2. The van der Waals surface area contributed by atoms with Crippen molar-refractivity contribution >= 4 is 51.4 Å². The number of anilines is 1. The minimum absolute atomic E-state index is 0.239. The van der Waals surface area contributed by atoms with Gasteiger partial charge in [-0.15, -0.1) is 0 Å². The molecule has 0 aliphatic carbocycles. The number of carbonyl (C=O) groups excluding carboxylic acids is 3. The molecule has 4 rings (SSSR count). The smallest absolute Gasteiger partial charge is 0.290 e. The maximum Gasteiger partial charge on any atom is 0.290 e. The largest absolute Gasteiger partial charge is 0.493 e. The van der Waals surface area contributed by atoms with E-state index in [1.807, 2.05) is 42.5 Å². The molecule has 1 aliphatic heterocycles. The Morgan fingerprint density at radius 1 is 1.06 bits per heavy atom. The van der Waals surface area contributed by atoms with Crippen LogP contribution in [0.3, 0.4) is 0 Å². The number of thioether (sulfide) groups is 1. The molecule has 1 fully saturated rings. The van der Waals surface area contributed by atoms with E-state index in [1.54, 1.807) is 18.2 Å². The highest BCUT2D eigenvalue weighted by Crippen LogP contribution is 2.35. The molecule has 0 spiro atoms. The molecule has 8 heteroatoms. The molecule has 0 radical (unpaired) electrons. The van der Waals surface area contributed by atoms with Crippen LogP contribution < -0.4 is 20.1 Å². The number of para-hydroxylation sites is 1. The van der Waals surface area contributed by atoms with Crippen LogP contribution in [-0.4, -0.2) is 30.8 Å². The summed E-state index contributed by atoms with van der Waals surface area (Å²) >= 11 is 0.804. The third-order valence-corrected chi connectivity index (χ3v) is 5.38. The van der Waals surface area contributed by atoms with E-state index in [-0.39, 0.29) is 17.4 Å². The molecule has 2 N–H and O–H groups in total. The Morgan fingerprint density at radius 3 is 2.61 bits per heavy atom. The Labute approximate surface area is 182 Å². The van der Waals surface area contributed by atoms with Crippen molar-refractivity contribution in [1.82, 2.24) is 5.32 Å². The van der Waals surface area contributed by atoms with Crippen molar-refractivity contribution in [3.63, 3.8) is 0 Å². The third kappa shape index (κ3) is 4.54. The summed E-state index contributed by atoms with van der Waals surface area (Å²) in [7, 11) is 1.48. The molecule has 1 aliphatic rings. The number of rotatable bonds is 6. The third-order valence-electron chi connectivity index (χ3n) is 4.57. The van der Waals surface area contributed by atoms with Gasteiger partial charge in [-0.25, -0.2) is 0 Å². The molecule has 0 aromatic heterocycles. The normalized spacial score (nSPS) is 14.5. The molecule has 3 amide bonds. The van der Waals surface area contributed by atoms with E-state index in [2.05, 4.69) is 10.6 Å². The predicted molar refractivity (Wildman–Crippen MR) is 120 cm³/mol. The first kappa shape index (κ1) is 20.5. The molecule has 0 saturated carbocycles. The summed E-state index contributed by atoms with van der Waals surface area (Å²) in [4.78, 5) is 36.1. The fourth-order valence-electron chi connectivity index (χ4n) is 3.18. The van der Waals surface area contributed by atoms with Crippen molar-refractivity contribution < 1.29 is 23.9 Å². The second-order valence-electron chi connectivity index (χ2n) is 6.59. The molecule has 3 aromatic rings. The molecule has 0 unspecified atom stereocenters. The van der Waals surface area contributed by atoms with E-state index >= 15 is 0 Å². The fourth-order valence-corrected chi connectivity index (χ4v) is 3.86. The number of nitrogens with one attached hydrogen (secondary N) is 2. The average molecular weight is 434 g/mol. The molecule has 31 heavy (non-hydrogen) atoms. The van der Waals surface area contributed by atoms with E-state index in [1.165, 1.54) is 13.2 Å². The van der Waals surface area contributed by atoms with Gasteiger partial charge in [0.1, 0.15) is 0 Å². The zero-order valence-electron chi connectivity index (χ0n) is 16.5. The van der Waals surface area contributed by atoms with Crippen LogP contribution in [0.1, 0.15) is 5.56 Å². The van der Waals surface area contributed by atoms with Gasteiger partial charge >= 0.3 is 0 Å². The number of carbonyl (C=O) groups is 3. The van der Waals surface area contributed by atoms with Crippen molar-refractivity contribution in [2.75, 3.05) is 19.0 Å². The molecular weight excluding hydrogens is 416 g/mol. The zero-order valence-corrected chi connectivity index (χ0v) is 17.3. The monoisotopic (exact) mass is 434 g/mol. The Kier molecular flexibility index (Phi) is 5.90. The molecule has 3 aromatic carbocycles. The summed E-state index contributed by atoms with van der Waals surface area (Å²) in [6, 6.07) is 18.5. The van der Waals surface area contributed by atoms with Crippen molar-refractivity contribution in [3.05, 3.63) is 71.1 Å². The van der Waals surface area contributed by atoms with Crippen LogP contribution in [0.15, 0.2) is 65.6 Å². The van der Waals surface area contributed by atoms with Crippen LogP contribution in [0, 0.1) is 0 Å². The van der Waals surface area contributed by atoms with Crippen LogP contribution in [0.2, 0.25) is 0 Å². The quantitative estimate of drug-likeness (QED) is 0.565. The zero-order chi connectivity index (χ0) is 21.8. The molecular formula is C23H18N2O5S. The SMILES string of the molecule is COc1cccc(/C=C2\SC(=O)NC2=O)c1OCC(=O)Nc1cccc2ccccc12. The first-order chi connectivity index (χ1) is 15.0. The molecule has 1 heterocycles. The number of benzene rings is 3. The number of fused-ring (bicyclic) bond motifs is 1. The lowest BCUT2D eigenvalue weighted by Crippen LogP contribution is -2.20. The highest BCUT2D eigenvalue weighted by atomic mass is 32.2. The standard InChI is InChI=1S/C23H18N2O5S/c1-29-18-11-5-8-15(12-19-22(27)25-23(28)31-19)21(18)30-13-20(26)24-17-10-4-7-14-6-2-3-9-16(14)17/h2-12H,13H2,1H3,(H,24,26)(H,25,27,28)/b19-12-. The van der Waals surface area contributed by atoms with E-state index in [9.17, 15) is 14.4 Å². The predicted octanol–water partition coefficient (Wildman–Crippen LogP) is 4.19. The number of hydrogen-bond donors (Lipinski definition) is 2. The van der Waals surface area contributed by atoms with Gasteiger partial charge in [-0.05, 0) is 35.4 Å². The fraction of sp³-hybridized carbons (Fsp3) is 0.0870. The average Bonchev–Trinajstić information content (AvgIpc) is 3.09. The minimum Gasteiger partial charge on any atom is -0.493 e. The molecule has 1 saturated heterocycles. The topological polar surface area (TPSA) is 93.7 Å². The van der Waals surface area contributed by atoms with Gasteiger partial charge in [-0.2, -0.15) is 0 Å². The van der Waals surface area contributed by atoms with Gasteiger partial charge in [0, 0.05) is 16.6 Å². The Balaban J connectivity index is 1.54. The second-order valence-corrected chi connectivity index (χ2v) is 7.61. The number of hydrogen-bond acceptors (Lipinski definition) is 6. The Morgan fingerprint density at radius 2 is 1.84 bits per heavy atom. The van der Waals surface area contributed by atoms with Crippen LogP contribution in [0.4, 0.5) is 10.5 Å². The summed E-state index contributed by atoms with van der Waals surface area (Å²) in [5, 5.41) is 6.58. The van der Waals surface area contributed by atoms with E-state index in [0.717, 1.165) is 22.5 Å². The van der Waals surface area contributed by atoms with Gasteiger partial charge in [-0.1, -0.05) is 48.5 Å². The summed E-state index contributed by atoms with van der Waals surface area (Å²) in [6.07, 6.45) is 1.53. The van der Waals surface area contributed by atoms with Gasteiger partial charge in [0.15, 0.2) is 18.1 Å². The highest BCUT2D eigenvalue weighted by molar-refractivity contribution is 8.18. The number of imide groups is 1.